The van der Waals surface area contributed by atoms with Gasteiger partial charge in [0.25, 0.3) is 0 Å². The van der Waals surface area contributed by atoms with Crippen molar-refractivity contribution in [1.29, 1.82) is 5.26 Å². The van der Waals surface area contributed by atoms with Crippen molar-refractivity contribution in [3.8, 4) is 17.7 Å². The van der Waals surface area contributed by atoms with Crippen LogP contribution in [-0.2, 0) is 4.79 Å². The van der Waals surface area contributed by atoms with Crippen LogP contribution in [0.2, 0.25) is 0 Å². The lowest BCUT2D eigenvalue weighted by Gasteiger charge is -2.32. The first kappa shape index (κ1) is 19.2. The predicted octanol–water partition coefficient (Wildman–Crippen LogP) is 2.99. The average Bonchev–Trinajstić information content (AvgIpc) is 2.68. The average molecular weight is 378 g/mol. The van der Waals surface area contributed by atoms with Gasteiger partial charge >= 0.3 is 0 Å². The SMILES string of the molecule is CCOc1ncc(C)c2c1[C@H](c1ccc(OC)cc1C#N)C(C(N)=O)=C(C)N2. The number of nitrogens with one attached hydrogen (secondary N) is 1. The highest BCUT2D eigenvalue weighted by Crippen LogP contribution is 2.47. The van der Waals surface area contributed by atoms with E-state index in [1.54, 1.807) is 31.3 Å². The summed E-state index contributed by atoms with van der Waals surface area (Å²) in [5, 5.41) is 13.0. The van der Waals surface area contributed by atoms with E-state index in [9.17, 15) is 10.1 Å². The number of benzene rings is 1. The van der Waals surface area contributed by atoms with Gasteiger partial charge in [0.2, 0.25) is 11.8 Å². The van der Waals surface area contributed by atoms with Crippen LogP contribution in [0.3, 0.4) is 0 Å². The fourth-order valence-corrected chi connectivity index (χ4v) is 3.56. The summed E-state index contributed by atoms with van der Waals surface area (Å²) < 4.78 is 11.0. The van der Waals surface area contributed by atoms with Crippen LogP contribution >= 0.6 is 0 Å². The molecule has 1 aromatic heterocycles. The third kappa shape index (κ3) is 3.14. The van der Waals surface area contributed by atoms with E-state index in [2.05, 4.69) is 16.4 Å². The molecule has 1 aliphatic rings. The summed E-state index contributed by atoms with van der Waals surface area (Å²) in [5.41, 5.74) is 10.2. The molecule has 0 bridgehead atoms. The summed E-state index contributed by atoms with van der Waals surface area (Å²) in [6, 6.07) is 7.39. The zero-order chi connectivity index (χ0) is 20.4. The normalized spacial score (nSPS) is 15.3. The largest absolute Gasteiger partial charge is 0.497 e. The van der Waals surface area contributed by atoms with E-state index in [0.29, 0.717) is 46.2 Å². The molecule has 0 aliphatic carbocycles. The Labute approximate surface area is 163 Å². The van der Waals surface area contributed by atoms with Crippen LogP contribution in [0.1, 0.15) is 42.0 Å². The highest BCUT2D eigenvalue weighted by molar-refractivity contribution is 5.98. The predicted molar refractivity (Wildman–Crippen MR) is 105 cm³/mol. The quantitative estimate of drug-likeness (QED) is 0.827. The first-order chi connectivity index (χ1) is 13.4. The number of nitriles is 1. The maximum absolute atomic E-state index is 12.4. The molecule has 1 amide bonds. The minimum Gasteiger partial charge on any atom is -0.497 e. The number of methoxy groups -OCH3 is 1. The van der Waals surface area contributed by atoms with Gasteiger partial charge in [-0.1, -0.05) is 6.07 Å². The van der Waals surface area contributed by atoms with Crippen molar-refractivity contribution < 1.29 is 14.3 Å². The van der Waals surface area contributed by atoms with E-state index in [-0.39, 0.29) is 0 Å². The molecule has 7 nitrogen and oxygen atoms in total. The standard InChI is InChI=1S/C21H22N4O3/c1-5-28-21-18-17(15-7-6-14(27-4)8-13(15)9-22)16(20(23)26)12(3)25-19(18)11(2)10-24-21/h6-8,10,17,25H,5H2,1-4H3,(H2,23,26)/t17-/m1/s1. The highest BCUT2D eigenvalue weighted by atomic mass is 16.5. The second kappa shape index (κ2) is 7.61. The fraction of sp³-hybridized carbons (Fsp3) is 0.286. The van der Waals surface area contributed by atoms with Crippen molar-refractivity contribution in [3.05, 3.63) is 57.9 Å². The van der Waals surface area contributed by atoms with E-state index >= 15 is 0 Å². The van der Waals surface area contributed by atoms with Crippen LogP contribution in [-0.4, -0.2) is 24.6 Å². The third-order valence-electron chi connectivity index (χ3n) is 4.80. The summed E-state index contributed by atoms with van der Waals surface area (Å²) in [7, 11) is 1.54. The molecule has 3 N–H and O–H groups in total. The Balaban J connectivity index is 2.37. The maximum atomic E-state index is 12.4. The Morgan fingerprint density at radius 2 is 2.14 bits per heavy atom. The van der Waals surface area contributed by atoms with E-state index in [1.165, 1.54) is 7.11 Å². The Kier molecular flexibility index (Phi) is 5.23. The number of hydrogen-bond donors (Lipinski definition) is 2. The number of nitrogens with zero attached hydrogens (tertiary/aromatic N) is 2. The number of hydrogen-bond acceptors (Lipinski definition) is 6. The van der Waals surface area contributed by atoms with Gasteiger partial charge in [-0.05, 0) is 44.0 Å². The molecule has 0 unspecified atom stereocenters. The fourth-order valence-electron chi connectivity index (χ4n) is 3.56. The molecule has 1 aliphatic heterocycles. The molecule has 7 heteroatoms. The van der Waals surface area contributed by atoms with Crippen molar-refractivity contribution in [3.63, 3.8) is 0 Å². The minimum atomic E-state index is -0.580. The Morgan fingerprint density at radius 3 is 2.75 bits per heavy atom. The van der Waals surface area contributed by atoms with Gasteiger partial charge < -0.3 is 20.5 Å². The van der Waals surface area contributed by atoms with Crippen molar-refractivity contribution in [2.45, 2.75) is 26.7 Å². The maximum Gasteiger partial charge on any atom is 0.247 e. The molecular weight excluding hydrogens is 356 g/mol. The van der Waals surface area contributed by atoms with Gasteiger partial charge in [0.05, 0.1) is 36.6 Å². The molecule has 2 aromatic rings. The zero-order valence-corrected chi connectivity index (χ0v) is 16.3. The Morgan fingerprint density at radius 1 is 1.39 bits per heavy atom. The molecular formula is C21H22N4O3. The third-order valence-corrected chi connectivity index (χ3v) is 4.80. The smallest absolute Gasteiger partial charge is 0.247 e. The van der Waals surface area contributed by atoms with Gasteiger partial charge in [0.15, 0.2) is 0 Å². The summed E-state index contributed by atoms with van der Waals surface area (Å²) in [6.45, 7) is 6.00. The number of nitrogens with two attached hydrogens (primary N) is 1. The zero-order valence-electron chi connectivity index (χ0n) is 16.3. The first-order valence-electron chi connectivity index (χ1n) is 8.90. The Hall–Kier alpha value is -3.53. The number of aromatic nitrogens is 1. The van der Waals surface area contributed by atoms with Crippen LogP contribution < -0.4 is 20.5 Å². The molecule has 3 rings (SSSR count). The van der Waals surface area contributed by atoms with Crippen molar-refractivity contribution in [1.82, 2.24) is 4.98 Å². The second-order valence-corrected chi connectivity index (χ2v) is 6.49. The van der Waals surface area contributed by atoms with Gasteiger partial charge in [0, 0.05) is 23.4 Å². The molecule has 0 spiro atoms. The molecule has 144 valence electrons. The lowest BCUT2D eigenvalue weighted by molar-refractivity contribution is -0.114. The first-order valence-corrected chi connectivity index (χ1v) is 8.90. The second-order valence-electron chi connectivity index (χ2n) is 6.49. The van der Waals surface area contributed by atoms with Gasteiger partial charge in [0.1, 0.15) is 5.75 Å². The molecule has 1 aromatic carbocycles. The summed E-state index contributed by atoms with van der Waals surface area (Å²) in [6.07, 6.45) is 1.72. The van der Waals surface area contributed by atoms with E-state index in [4.69, 9.17) is 15.2 Å². The number of allylic oxidation sites excluding steroid dienone is 1. The number of anilines is 1. The molecule has 0 radical (unpaired) electrons. The number of aryl methyl sites for hydroxylation is 1. The van der Waals surface area contributed by atoms with Crippen molar-refractivity contribution >= 4 is 11.6 Å². The number of amides is 1. The van der Waals surface area contributed by atoms with Crippen LogP contribution in [0.25, 0.3) is 0 Å². The topological polar surface area (TPSA) is 110 Å². The molecule has 1 atom stereocenters. The minimum absolute atomic E-state index is 0.377. The lowest BCUT2D eigenvalue weighted by atomic mass is 9.78. The molecule has 0 saturated heterocycles. The van der Waals surface area contributed by atoms with E-state index < -0.39 is 11.8 Å². The summed E-state index contributed by atoms with van der Waals surface area (Å²) >= 11 is 0. The van der Waals surface area contributed by atoms with Crippen LogP contribution in [0.5, 0.6) is 11.6 Å². The summed E-state index contributed by atoms with van der Waals surface area (Å²) in [5.74, 6) is -0.178. The van der Waals surface area contributed by atoms with Gasteiger partial charge in [-0.3, -0.25) is 4.79 Å². The number of carbonyl (C=O) groups is 1. The van der Waals surface area contributed by atoms with E-state index in [1.807, 2.05) is 13.8 Å². The number of carbonyl (C=O) groups excluding carboxylic acids is 1. The monoisotopic (exact) mass is 378 g/mol. The van der Waals surface area contributed by atoms with Crippen LogP contribution in [0.15, 0.2) is 35.7 Å². The number of ether oxygens (including phenoxy) is 2. The van der Waals surface area contributed by atoms with E-state index in [0.717, 1.165) is 11.3 Å². The van der Waals surface area contributed by atoms with Crippen molar-refractivity contribution in [2.24, 2.45) is 5.73 Å². The molecule has 2 heterocycles. The van der Waals surface area contributed by atoms with Crippen LogP contribution in [0, 0.1) is 18.3 Å². The number of fused-ring (bicyclic) bond motifs is 1. The number of pyridine rings is 1. The van der Waals surface area contributed by atoms with Gasteiger partial charge in [-0.2, -0.15) is 5.26 Å². The number of primary amides is 1. The highest BCUT2D eigenvalue weighted by Gasteiger charge is 2.36. The summed E-state index contributed by atoms with van der Waals surface area (Å²) in [4.78, 5) is 16.8. The molecule has 28 heavy (non-hydrogen) atoms. The lowest BCUT2D eigenvalue weighted by Crippen LogP contribution is -2.29. The van der Waals surface area contributed by atoms with Gasteiger partial charge in [-0.15, -0.1) is 0 Å². The van der Waals surface area contributed by atoms with Gasteiger partial charge in [-0.25, -0.2) is 4.98 Å². The van der Waals surface area contributed by atoms with Crippen molar-refractivity contribution in [2.75, 3.05) is 19.0 Å². The Bertz CT molecular complexity index is 1020. The molecule has 0 fully saturated rings. The molecule has 0 saturated carbocycles. The number of rotatable bonds is 5. The van der Waals surface area contributed by atoms with Crippen LogP contribution in [0.4, 0.5) is 5.69 Å².